The molecule has 1 aliphatic rings. The van der Waals surface area contributed by atoms with Gasteiger partial charge < -0.3 is 4.90 Å². The van der Waals surface area contributed by atoms with E-state index in [4.69, 9.17) is 0 Å². The summed E-state index contributed by atoms with van der Waals surface area (Å²) in [6.45, 7) is 3.27. The summed E-state index contributed by atoms with van der Waals surface area (Å²) in [4.78, 5) is 18.1. The highest BCUT2D eigenvalue weighted by Gasteiger charge is 2.51. The standard InChI is InChI=1S/C16H18F3N3OS/c1-15(2)9-22(8-7-12(15)16(17,18)19)14(23)21-13-20-10-5-3-4-6-11(10)24-13/h3-6,12H,7-9H2,1-2H3,(H,20,21,23)/t12-/m0/s1. The number of likely N-dealkylation sites (tertiary alicyclic amines) is 1. The molecule has 0 spiro atoms. The third-order valence-corrected chi connectivity index (χ3v) is 5.37. The zero-order valence-electron chi connectivity index (χ0n) is 13.4. The van der Waals surface area contributed by atoms with Crippen LogP contribution in [0.1, 0.15) is 20.3 Å². The number of nitrogens with one attached hydrogen (secondary N) is 1. The van der Waals surface area contributed by atoms with Crippen molar-refractivity contribution in [1.29, 1.82) is 0 Å². The number of urea groups is 1. The molecule has 0 saturated carbocycles. The summed E-state index contributed by atoms with van der Waals surface area (Å²) in [6, 6.07) is 7.09. The Morgan fingerprint density at radius 2 is 2.08 bits per heavy atom. The van der Waals surface area contributed by atoms with Gasteiger partial charge in [0.2, 0.25) is 0 Å². The summed E-state index contributed by atoms with van der Waals surface area (Å²) < 4.78 is 40.3. The van der Waals surface area contributed by atoms with Crippen molar-refractivity contribution in [3.8, 4) is 0 Å². The maximum Gasteiger partial charge on any atom is 0.392 e. The number of hydrogen-bond acceptors (Lipinski definition) is 3. The molecule has 8 heteroatoms. The number of amides is 2. The minimum atomic E-state index is -4.24. The number of rotatable bonds is 1. The van der Waals surface area contributed by atoms with Crippen molar-refractivity contribution in [2.24, 2.45) is 11.3 Å². The maximum atomic E-state index is 13.1. The zero-order chi connectivity index (χ0) is 17.5. The van der Waals surface area contributed by atoms with Crippen molar-refractivity contribution < 1.29 is 18.0 Å². The van der Waals surface area contributed by atoms with Gasteiger partial charge in [-0.15, -0.1) is 0 Å². The molecule has 3 rings (SSSR count). The first-order valence-corrected chi connectivity index (χ1v) is 8.47. The zero-order valence-corrected chi connectivity index (χ0v) is 14.2. The first kappa shape index (κ1) is 17.0. The van der Waals surface area contributed by atoms with E-state index in [1.165, 1.54) is 16.2 Å². The summed E-state index contributed by atoms with van der Waals surface area (Å²) >= 11 is 1.34. The largest absolute Gasteiger partial charge is 0.392 e. The maximum absolute atomic E-state index is 13.1. The molecule has 1 atom stereocenters. The van der Waals surface area contributed by atoms with Gasteiger partial charge in [-0.3, -0.25) is 5.32 Å². The van der Waals surface area contributed by atoms with Crippen LogP contribution in [0, 0.1) is 11.3 Å². The number of aromatic nitrogens is 1. The molecular formula is C16H18F3N3OS. The van der Waals surface area contributed by atoms with Crippen LogP contribution < -0.4 is 5.32 Å². The molecule has 0 unspecified atom stereocenters. The Bertz CT molecular complexity index is 723. The first-order valence-electron chi connectivity index (χ1n) is 7.65. The summed E-state index contributed by atoms with van der Waals surface area (Å²) in [7, 11) is 0. The highest BCUT2D eigenvalue weighted by Crippen LogP contribution is 2.45. The quantitative estimate of drug-likeness (QED) is 0.801. The fourth-order valence-electron chi connectivity index (χ4n) is 3.23. The van der Waals surface area contributed by atoms with Gasteiger partial charge in [0, 0.05) is 13.1 Å². The van der Waals surface area contributed by atoms with E-state index in [9.17, 15) is 18.0 Å². The van der Waals surface area contributed by atoms with Gasteiger partial charge in [-0.1, -0.05) is 37.3 Å². The van der Waals surface area contributed by atoms with Crippen molar-refractivity contribution in [1.82, 2.24) is 9.88 Å². The van der Waals surface area contributed by atoms with Crippen LogP contribution >= 0.6 is 11.3 Å². The summed E-state index contributed by atoms with van der Waals surface area (Å²) in [5.41, 5.74) is -0.226. The average Bonchev–Trinajstić information content (AvgIpc) is 2.86. The highest BCUT2D eigenvalue weighted by molar-refractivity contribution is 7.22. The van der Waals surface area contributed by atoms with Gasteiger partial charge in [-0.05, 0) is 24.0 Å². The SMILES string of the molecule is CC1(C)CN(C(=O)Nc2nc3ccccc3s2)CC[C@@H]1C(F)(F)F. The number of alkyl halides is 3. The molecule has 0 aliphatic carbocycles. The van der Waals surface area contributed by atoms with E-state index in [1.54, 1.807) is 13.8 Å². The van der Waals surface area contributed by atoms with Gasteiger partial charge in [0.1, 0.15) is 0 Å². The molecule has 24 heavy (non-hydrogen) atoms. The lowest BCUT2D eigenvalue weighted by Crippen LogP contribution is -2.53. The molecule has 4 nitrogen and oxygen atoms in total. The molecule has 0 bridgehead atoms. The third kappa shape index (κ3) is 3.33. The van der Waals surface area contributed by atoms with Gasteiger partial charge in [-0.25, -0.2) is 9.78 Å². The summed E-state index contributed by atoms with van der Waals surface area (Å²) in [5.74, 6) is -1.39. The number of fused-ring (bicyclic) bond motifs is 1. The van der Waals surface area contributed by atoms with Crippen molar-refractivity contribution in [2.75, 3.05) is 18.4 Å². The second kappa shape index (κ2) is 5.91. The van der Waals surface area contributed by atoms with Crippen LogP contribution in [0.25, 0.3) is 10.2 Å². The lowest BCUT2D eigenvalue weighted by Gasteiger charge is -2.44. The highest BCUT2D eigenvalue weighted by atomic mass is 32.1. The molecule has 2 amide bonds. The van der Waals surface area contributed by atoms with Gasteiger partial charge in [-0.2, -0.15) is 13.2 Å². The van der Waals surface area contributed by atoms with E-state index in [-0.39, 0.29) is 19.5 Å². The Morgan fingerprint density at radius 1 is 1.38 bits per heavy atom. The van der Waals surface area contributed by atoms with Crippen LogP contribution in [0.5, 0.6) is 0 Å². The fraction of sp³-hybridized carbons (Fsp3) is 0.500. The van der Waals surface area contributed by atoms with Crippen LogP contribution in [0.2, 0.25) is 0 Å². The predicted octanol–water partition coefficient (Wildman–Crippen LogP) is 4.74. The molecule has 1 aliphatic heterocycles. The number of piperidine rings is 1. The van der Waals surface area contributed by atoms with Gasteiger partial charge in [0.05, 0.1) is 16.1 Å². The van der Waals surface area contributed by atoms with Crippen LogP contribution in [-0.4, -0.2) is 35.2 Å². The van der Waals surface area contributed by atoms with Crippen LogP contribution in [-0.2, 0) is 0 Å². The van der Waals surface area contributed by atoms with Crippen LogP contribution in [0.15, 0.2) is 24.3 Å². The molecule has 1 saturated heterocycles. The average molecular weight is 357 g/mol. The van der Waals surface area contributed by atoms with Gasteiger partial charge >= 0.3 is 12.2 Å². The van der Waals surface area contributed by atoms with E-state index in [0.717, 1.165) is 10.2 Å². The lowest BCUT2D eigenvalue weighted by molar-refractivity contribution is -0.214. The second-order valence-corrected chi connectivity index (χ2v) is 7.74. The Hall–Kier alpha value is -1.83. The van der Waals surface area contributed by atoms with E-state index < -0.39 is 23.5 Å². The molecule has 130 valence electrons. The lowest BCUT2D eigenvalue weighted by atomic mass is 9.73. The van der Waals surface area contributed by atoms with Crippen molar-refractivity contribution in [3.63, 3.8) is 0 Å². The van der Waals surface area contributed by atoms with E-state index in [2.05, 4.69) is 10.3 Å². The Balaban J connectivity index is 1.70. The number of carbonyl (C=O) groups is 1. The number of halogens is 3. The Labute approximate surface area is 141 Å². The monoisotopic (exact) mass is 357 g/mol. The molecular weight excluding hydrogens is 339 g/mol. The van der Waals surface area contributed by atoms with Crippen LogP contribution in [0.4, 0.5) is 23.1 Å². The molecule has 1 aromatic heterocycles. The molecule has 2 heterocycles. The van der Waals surface area contributed by atoms with Crippen LogP contribution in [0.3, 0.4) is 0 Å². The van der Waals surface area contributed by atoms with E-state index in [0.29, 0.717) is 5.13 Å². The number of carbonyl (C=O) groups excluding carboxylic acids is 1. The predicted molar refractivity (Wildman–Crippen MR) is 88.2 cm³/mol. The summed E-state index contributed by atoms with van der Waals surface area (Å²) in [5, 5.41) is 3.16. The molecule has 0 radical (unpaired) electrons. The normalized spacial score (nSPS) is 21.0. The minimum absolute atomic E-state index is 0.0634. The Morgan fingerprint density at radius 3 is 2.71 bits per heavy atom. The number of benzene rings is 1. The number of para-hydroxylation sites is 1. The Kier molecular flexibility index (Phi) is 4.19. The fourth-order valence-corrected chi connectivity index (χ4v) is 4.09. The molecule has 1 N–H and O–H groups in total. The first-order chi connectivity index (χ1) is 11.2. The number of thiazole rings is 1. The number of anilines is 1. The smallest absolute Gasteiger partial charge is 0.324 e. The minimum Gasteiger partial charge on any atom is -0.324 e. The van der Waals surface area contributed by atoms with Crippen molar-refractivity contribution in [3.05, 3.63) is 24.3 Å². The second-order valence-electron chi connectivity index (χ2n) is 6.71. The van der Waals surface area contributed by atoms with E-state index in [1.807, 2.05) is 24.3 Å². The summed E-state index contributed by atoms with van der Waals surface area (Å²) in [6.07, 6.45) is -4.32. The van der Waals surface area contributed by atoms with Gasteiger partial charge in [0.25, 0.3) is 0 Å². The van der Waals surface area contributed by atoms with Crippen molar-refractivity contribution >= 4 is 32.7 Å². The van der Waals surface area contributed by atoms with Gasteiger partial charge in [0.15, 0.2) is 5.13 Å². The molecule has 1 aromatic carbocycles. The third-order valence-electron chi connectivity index (χ3n) is 4.42. The molecule has 1 fully saturated rings. The number of nitrogens with zero attached hydrogens (tertiary/aromatic N) is 2. The number of hydrogen-bond donors (Lipinski definition) is 1. The molecule has 2 aromatic rings. The topological polar surface area (TPSA) is 45.2 Å². The van der Waals surface area contributed by atoms with E-state index >= 15 is 0 Å². The van der Waals surface area contributed by atoms with Crippen molar-refractivity contribution in [2.45, 2.75) is 26.4 Å².